The topological polar surface area (TPSA) is 75.5 Å². The number of pyridine rings is 1. The van der Waals surface area contributed by atoms with Gasteiger partial charge in [0.15, 0.2) is 0 Å². The summed E-state index contributed by atoms with van der Waals surface area (Å²) >= 11 is 0. The summed E-state index contributed by atoms with van der Waals surface area (Å²) in [5.41, 5.74) is 2.23. The van der Waals surface area contributed by atoms with E-state index < -0.39 is 0 Å². The van der Waals surface area contributed by atoms with Crippen LogP contribution < -0.4 is 10.6 Å². The number of anilines is 1. The third-order valence-corrected chi connectivity index (χ3v) is 3.85. The molecule has 0 aliphatic carbocycles. The Balaban J connectivity index is 1.73. The van der Waals surface area contributed by atoms with Gasteiger partial charge in [0, 0.05) is 24.0 Å². The number of hydrogen-bond acceptors (Lipinski definition) is 3. The van der Waals surface area contributed by atoms with Crippen molar-refractivity contribution in [3.8, 4) is 0 Å². The van der Waals surface area contributed by atoms with E-state index in [1.165, 1.54) is 6.20 Å². The molecule has 0 atom stereocenters. The number of rotatable bonds is 6. The van der Waals surface area contributed by atoms with E-state index >= 15 is 0 Å². The average Bonchev–Trinajstić information content (AvgIpc) is 3.06. The number of unbranched alkanes of at least 4 members (excludes halogenated alkanes) is 1. The van der Waals surface area contributed by atoms with E-state index in [-0.39, 0.29) is 11.8 Å². The number of benzene rings is 1. The van der Waals surface area contributed by atoms with Gasteiger partial charge in [0.2, 0.25) is 0 Å². The van der Waals surface area contributed by atoms with E-state index in [9.17, 15) is 9.59 Å². The monoisotopic (exact) mass is 336 g/mol. The van der Waals surface area contributed by atoms with Crippen LogP contribution in [0.3, 0.4) is 0 Å². The summed E-state index contributed by atoms with van der Waals surface area (Å²) in [5, 5.41) is 5.69. The Morgan fingerprint density at radius 2 is 2.00 bits per heavy atom. The molecule has 2 amide bonds. The lowest BCUT2D eigenvalue weighted by molar-refractivity contribution is 0.0951. The van der Waals surface area contributed by atoms with Crippen LogP contribution in [0.4, 0.5) is 5.69 Å². The molecule has 0 spiro atoms. The number of aromatic nitrogens is 2. The molecular formula is C19H20N4O2. The number of carbonyl (C=O) groups excluding carboxylic acids is 2. The maximum Gasteiger partial charge on any atom is 0.274 e. The number of nitrogens with zero attached hydrogens (tertiary/aromatic N) is 2. The second-order valence-corrected chi connectivity index (χ2v) is 5.72. The highest BCUT2D eigenvalue weighted by molar-refractivity contribution is 6.04. The summed E-state index contributed by atoms with van der Waals surface area (Å²) in [6.07, 6.45) is 5.28. The molecule has 2 heterocycles. The van der Waals surface area contributed by atoms with Crippen LogP contribution in [0.5, 0.6) is 0 Å². The van der Waals surface area contributed by atoms with E-state index in [1.807, 2.05) is 18.2 Å². The van der Waals surface area contributed by atoms with Crippen molar-refractivity contribution >= 4 is 23.1 Å². The summed E-state index contributed by atoms with van der Waals surface area (Å²) in [6, 6.07) is 12.4. The molecule has 128 valence electrons. The first-order valence-electron chi connectivity index (χ1n) is 8.30. The largest absolute Gasteiger partial charge is 0.352 e. The Bertz CT molecular complexity index is 901. The van der Waals surface area contributed by atoms with E-state index in [2.05, 4.69) is 22.5 Å². The maximum absolute atomic E-state index is 12.5. The molecule has 0 saturated carbocycles. The third-order valence-electron chi connectivity index (χ3n) is 3.85. The van der Waals surface area contributed by atoms with Crippen LogP contribution in [0.25, 0.3) is 5.65 Å². The molecule has 1 aromatic carbocycles. The number of imidazole rings is 1. The number of hydrogen-bond donors (Lipinski definition) is 2. The molecule has 3 aromatic rings. The van der Waals surface area contributed by atoms with E-state index in [1.54, 1.807) is 34.9 Å². The van der Waals surface area contributed by atoms with Crippen molar-refractivity contribution in [1.82, 2.24) is 14.7 Å². The zero-order valence-electron chi connectivity index (χ0n) is 14.0. The number of carbonyl (C=O) groups is 2. The molecule has 0 radical (unpaired) electrons. The molecule has 25 heavy (non-hydrogen) atoms. The summed E-state index contributed by atoms with van der Waals surface area (Å²) in [7, 11) is 0. The fraction of sp³-hybridized carbons (Fsp3) is 0.211. The Labute approximate surface area is 145 Å². The Hall–Kier alpha value is -3.15. The van der Waals surface area contributed by atoms with Crippen LogP contribution in [0.1, 0.15) is 40.6 Å². The lowest BCUT2D eigenvalue weighted by atomic mass is 10.2. The number of fused-ring (bicyclic) bond motifs is 1. The Morgan fingerprint density at radius 1 is 1.12 bits per heavy atom. The molecule has 6 heteroatoms. The standard InChI is InChI=1S/C19H20N4O2/c1-2-3-10-20-18(24)14-7-6-8-15(12-14)22-19(25)16-13-21-17-9-4-5-11-23(16)17/h4-9,11-13H,2-3,10H2,1H3,(H,20,24)(H,22,25). The third kappa shape index (κ3) is 3.85. The Kier molecular flexibility index (Phi) is 5.09. The van der Waals surface area contributed by atoms with Crippen molar-refractivity contribution in [3.63, 3.8) is 0 Å². The molecule has 3 rings (SSSR count). The SMILES string of the molecule is CCCCNC(=O)c1cccc(NC(=O)c2cnc3ccccn23)c1. The molecular weight excluding hydrogens is 316 g/mol. The van der Waals surface area contributed by atoms with Crippen LogP contribution >= 0.6 is 0 Å². The smallest absolute Gasteiger partial charge is 0.274 e. The molecule has 2 aromatic heterocycles. The number of amides is 2. The highest BCUT2D eigenvalue weighted by atomic mass is 16.2. The quantitative estimate of drug-likeness (QED) is 0.679. The summed E-state index contributed by atoms with van der Waals surface area (Å²) in [6.45, 7) is 2.72. The maximum atomic E-state index is 12.5. The lowest BCUT2D eigenvalue weighted by Crippen LogP contribution is -2.24. The average molecular weight is 336 g/mol. The fourth-order valence-electron chi connectivity index (χ4n) is 2.51. The summed E-state index contributed by atoms with van der Waals surface area (Å²) in [4.78, 5) is 28.8. The second-order valence-electron chi connectivity index (χ2n) is 5.72. The van der Waals surface area contributed by atoms with Crippen molar-refractivity contribution in [2.75, 3.05) is 11.9 Å². The zero-order valence-corrected chi connectivity index (χ0v) is 14.0. The van der Waals surface area contributed by atoms with Gasteiger partial charge in [-0.3, -0.25) is 14.0 Å². The van der Waals surface area contributed by atoms with Gasteiger partial charge in [-0.15, -0.1) is 0 Å². The minimum atomic E-state index is -0.276. The van der Waals surface area contributed by atoms with E-state index in [0.29, 0.717) is 29.1 Å². The van der Waals surface area contributed by atoms with Gasteiger partial charge in [0.1, 0.15) is 11.3 Å². The Morgan fingerprint density at radius 3 is 2.84 bits per heavy atom. The van der Waals surface area contributed by atoms with Crippen molar-refractivity contribution in [2.24, 2.45) is 0 Å². The van der Waals surface area contributed by atoms with Crippen LogP contribution in [0.2, 0.25) is 0 Å². The number of nitrogens with one attached hydrogen (secondary N) is 2. The summed E-state index contributed by atoms with van der Waals surface area (Å²) in [5.74, 6) is -0.415. The second kappa shape index (κ2) is 7.61. The van der Waals surface area contributed by atoms with Gasteiger partial charge in [-0.25, -0.2) is 4.98 Å². The van der Waals surface area contributed by atoms with Crippen LogP contribution in [0, 0.1) is 0 Å². The minimum absolute atomic E-state index is 0.139. The molecule has 0 aliphatic rings. The van der Waals surface area contributed by atoms with Crippen LogP contribution in [0.15, 0.2) is 54.9 Å². The van der Waals surface area contributed by atoms with Gasteiger partial charge < -0.3 is 10.6 Å². The van der Waals surface area contributed by atoms with Crippen molar-refractivity contribution in [1.29, 1.82) is 0 Å². The van der Waals surface area contributed by atoms with Crippen molar-refractivity contribution < 1.29 is 9.59 Å². The van der Waals surface area contributed by atoms with Crippen LogP contribution in [-0.2, 0) is 0 Å². The van der Waals surface area contributed by atoms with Crippen molar-refractivity contribution in [3.05, 3.63) is 66.1 Å². The lowest BCUT2D eigenvalue weighted by Gasteiger charge is -2.08. The van der Waals surface area contributed by atoms with Gasteiger partial charge in [0.25, 0.3) is 11.8 Å². The predicted octanol–water partition coefficient (Wildman–Crippen LogP) is 3.12. The van der Waals surface area contributed by atoms with Gasteiger partial charge in [-0.1, -0.05) is 25.5 Å². The van der Waals surface area contributed by atoms with E-state index in [4.69, 9.17) is 0 Å². The molecule has 0 unspecified atom stereocenters. The van der Waals surface area contributed by atoms with E-state index in [0.717, 1.165) is 12.8 Å². The normalized spacial score (nSPS) is 10.6. The molecule has 0 saturated heterocycles. The first kappa shape index (κ1) is 16.7. The highest BCUT2D eigenvalue weighted by Crippen LogP contribution is 2.13. The van der Waals surface area contributed by atoms with Crippen LogP contribution in [-0.4, -0.2) is 27.7 Å². The van der Waals surface area contributed by atoms with Gasteiger partial charge in [0.05, 0.1) is 6.20 Å². The predicted molar refractivity (Wildman–Crippen MR) is 96.8 cm³/mol. The van der Waals surface area contributed by atoms with Gasteiger partial charge in [-0.2, -0.15) is 0 Å². The molecule has 2 N–H and O–H groups in total. The van der Waals surface area contributed by atoms with Gasteiger partial charge in [-0.05, 0) is 36.8 Å². The fourth-order valence-corrected chi connectivity index (χ4v) is 2.51. The zero-order chi connectivity index (χ0) is 17.6. The first-order valence-corrected chi connectivity index (χ1v) is 8.30. The van der Waals surface area contributed by atoms with Gasteiger partial charge >= 0.3 is 0 Å². The molecule has 0 fully saturated rings. The molecule has 0 aliphatic heterocycles. The molecule has 6 nitrogen and oxygen atoms in total. The minimum Gasteiger partial charge on any atom is -0.352 e. The highest BCUT2D eigenvalue weighted by Gasteiger charge is 2.13. The molecule has 0 bridgehead atoms. The first-order chi connectivity index (χ1) is 12.2. The van der Waals surface area contributed by atoms with Crippen molar-refractivity contribution in [2.45, 2.75) is 19.8 Å². The summed E-state index contributed by atoms with van der Waals surface area (Å²) < 4.78 is 1.72.